The number of rotatable bonds is 8. The van der Waals surface area contributed by atoms with E-state index < -0.39 is 0 Å². The Morgan fingerprint density at radius 3 is 2.63 bits per heavy atom. The van der Waals surface area contributed by atoms with Crippen molar-refractivity contribution in [1.29, 1.82) is 0 Å². The van der Waals surface area contributed by atoms with E-state index in [0.717, 1.165) is 45.8 Å². The molecule has 0 N–H and O–H groups in total. The van der Waals surface area contributed by atoms with Gasteiger partial charge in [0.2, 0.25) is 0 Å². The summed E-state index contributed by atoms with van der Waals surface area (Å²) in [6, 6.07) is 6.27. The number of allylic oxidation sites excluding steroid dienone is 2. The van der Waals surface area contributed by atoms with Gasteiger partial charge < -0.3 is 0 Å². The highest BCUT2D eigenvalue weighted by molar-refractivity contribution is 8.76. The summed E-state index contributed by atoms with van der Waals surface area (Å²) in [6.45, 7) is 12.8. The van der Waals surface area contributed by atoms with Crippen LogP contribution in [0.4, 0.5) is 0 Å². The summed E-state index contributed by atoms with van der Waals surface area (Å²) in [5.74, 6) is 5.59. The third-order valence-electron chi connectivity index (χ3n) is 11.2. The lowest BCUT2D eigenvalue weighted by Gasteiger charge is -2.58. The van der Waals surface area contributed by atoms with Crippen molar-refractivity contribution in [1.82, 2.24) is 4.98 Å². The third-order valence-corrected chi connectivity index (χ3v) is 14.0. The molecule has 0 aliphatic heterocycles. The van der Waals surface area contributed by atoms with E-state index in [1.165, 1.54) is 70.6 Å². The van der Waals surface area contributed by atoms with Gasteiger partial charge in [-0.2, -0.15) is 0 Å². The molecular formula is C32H49NS2. The highest BCUT2D eigenvalue weighted by Crippen LogP contribution is 2.67. The van der Waals surface area contributed by atoms with Crippen molar-refractivity contribution in [2.75, 3.05) is 0 Å². The molecule has 0 radical (unpaired) electrons. The zero-order valence-corrected chi connectivity index (χ0v) is 24.6. The van der Waals surface area contributed by atoms with Crippen LogP contribution in [0, 0.1) is 46.3 Å². The maximum absolute atomic E-state index is 4.52. The van der Waals surface area contributed by atoms with E-state index in [-0.39, 0.29) is 0 Å². The Morgan fingerprint density at radius 1 is 1.00 bits per heavy atom. The van der Waals surface area contributed by atoms with Crippen molar-refractivity contribution in [3.8, 4) is 0 Å². The SMILES string of the molecule is CC(C)CCC[C@@H](C)[C@H]1CCC2C3CC=C4C[C@@H](SSc5ccccn5)CC[C@]4(C)[C@H]3CCC21C. The normalized spacial score (nSPS) is 39.5. The van der Waals surface area contributed by atoms with Gasteiger partial charge in [0.05, 0.1) is 0 Å². The van der Waals surface area contributed by atoms with E-state index in [9.17, 15) is 0 Å². The van der Waals surface area contributed by atoms with Crippen LogP contribution in [-0.4, -0.2) is 10.2 Å². The Labute approximate surface area is 223 Å². The predicted molar refractivity (Wildman–Crippen MR) is 155 cm³/mol. The predicted octanol–water partition coefficient (Wildman–Crippen LogP) is 10.2. The average Bonchev–Trinajstić information content (AvgIpc) is 3.20. The number of hydrogen-bond acceptors (Lipinski definition) is 3. The van der Waals surface area contributed by atoms with Crippen molar-refractivity contribution in [2.24, 2.45) is 46.3 Å². The number of nitrogens with zero attached hydrogens (tertiary/aromatic N) is 1. The van der Waals surface area contributed by atoms with Crippen LogP contribution in [0.2, 0.25) is 0 Å². The molecule has 1 heterocycles. The van der Waals surface area contributed by atoms with Gasteiger partial charge in [-0.15, -0.1) is 0 Å². The molecule has 8 atom stereocenters. The van der Waals surface area contributed by atoms with E-state index >= 15 is 0 Å². The number of aromatic nitrogens is 1. The summed E-state index contributed by atoms with van der Waals surface area (Å²) >= 11 is 0. The summed E-state index contributed by atoms with van der Waals surface area (Å²) < 4.78 is 0. The van der Waals surface area contributed by atoms with E-state index in [2.05, 4.69) is 68.6 Å². The lowest BCUT2D eigenvalue weighted by Crippen LogP contribution is -2.50. The molecule has 0 spiro atoms. The second-order valence-corrected chi connectivity index (χ2v) is 16.0. The highest BCUT2D eigenvalue weighted by atomic mass is 33.1. The van der Waals surface area contributed by atoms with Crippen LogP contribution in [-0.2, 0) is 0 Å². The van der Waals surface area contributed by atoms with E-state index in [4.69, 9.17) is 0 Å². The molecule has 3 heteroatoms. The highest BCUT2D eigenvalue weighted by Gasteiger charge is 2.59. The van der Waals surface area contributed by atoms with Gasteiger partial charge in [0.25, 0.3) is 0 Å². The number of hydrogen-bond donors (Lipinski definition) is 0. The Bertz CT molecular complexity index is 881. The molecular weight excluding hydrogens is 462 g/mol. The van der Waals surface area contributed by atoms with E-state index in [1.54, 1.807) is 0 Å². The zero-order chi connectivity index (χ0) is 24.6. The molecule has 0 saturated heterocycles. The Balaban J connectivity index is 1.24. The van der Waals surface area contributed by atoms with Gasteiger partial charge >= 0.3 is 0 Å². The van der Waals surface area contributed by atoms with E-state index in [1.807, 2.05) is 28.6 Å². The minimum atomic E-state index is 0.470. The van der Waals surface area contributed by atoms with Crippen molar-refractivity contribution < 1.29 is 0 Å². The average molecular weight is 512 g/mol. The number of fused-ring (bicyclic) bond motifs is 5. The minimum Gasteiger partial charge on any atom is -0.249 e. The lowest BCUT2D eigenvalue weighted by atomic mass is 9.47. The van der Waals surface area contributed by atoms with Gasteiger partial charge in [-0.25, -0.2) is 4.98 Å². The first-order valence-corrected chi connectivity index (χ1v) is 17.0. The second-order valence-electron chi connectivity index (χ2n) is 13.5. The van der Waals surface area contributed by atoms with Gasteiger partial charge in [-0.3, -0.25) is 0 Å². The quantitative estimate of drug-likeness (QED) is 0.254. The summed E-state index contributed by atoms with van der Waals surface area (Å²) in [5, 5.41) is 1.90. The molecule has 3 unspecified atom stereocenters. The molecule has 3 fully saturated rings. The standard InChI is InChI=1S/C32H49NS2/c1-22(2)9-8-10-23(3)27-14-15-28-26-13-12-24-21-25(34-35-30-11-6-7-20-33-30)16-18-31(24,4)29(26)17-19-32(27,28)5/h6-7,11-12,20,22-23,25-29H,8-10,13-19,21H2,1-5H3/t23-,25+,26?,27-,28?,29+,31+,32?/m1/s1. The molecule has 4 aliphatic carbocycles. The first-order valence-electron chi connectivity index (χ1n) is 14.7. The Morgan fingerprint density at radius 2 is 1.86 bits per heavy atom. The monoisotopic (exact) mass is 511 g/mol. The molecule has 0 amide bonds. The van der Waals surface area contributed by atoms with Crippen molar-refractivity contribution >= 4 is 21.6 Å². The van der Waals surface area contributed by atoms with E-state index in [0.29, 0.717) is 10.8 Å². The van der Waals surface area contributed by atoms with Crippen LogP contribution in [0.25, 0.3) is 0 Å². The van der Waals surface area contributed by atoms with Crippen molar-refractivity contribution in [3.63, 3.8) is 0 Å². The lowest BCUT2D eigenvalue weighted by molar-refractivity contribution is -0.0497. The van der Waals surface area contributed by atoms with Crippen molar-refractivity contribution in [2.45, 2.75) is 116 Å². The maximum Gasteiger partial charge on any atom is 0.106 e. The van der Waals surface area contributed by atoms with Crippen LogP contribution >= 0.6 is 21.6 Å². The molecule has 3 saturated carbocycles. The molecule has 0 bridgehead atoms. The fourth-order valence-corrected chi connectivity index (χ4v) is 11.7. The maximum atomic E-state index is 4.52. The summed E-state index contributed by atoms with van der Waals surface area (Å²) in [5.41, 5.74) is 2.90. The van der Waals surface area contributed by atoms with Gasteiger partial charge in [-0.05, 0) is 121 Å². The molecule has 0 aromatic carbocycles. The molecule has 1 nitrogen and oxygen atoms in total. The topological polar surface area (TPSA) is 12.9 Å². The summed E-state index contributed by atoms with van der Waals surface area (Å²) in [6.07, 6.45) is 20.4. The largest absolute Gasteiger partial charge is 0.249 e. The van der Waals surface area contributed by atoms with Gasteiger partial charge in [-0.1, -0.05) is 82.4 Å². The van der Waals surface area contributed by atoms with Gasteiger partial charge in [0, 0.05) is 11.4 Å². The molecule has 194 valence electrons. The smallest absolute Gasteiger partial charge is 0.106 e. The van der Waals surface area contributed by atoms with Gasteiger partial charge in [0.15, 0.2) is 0 Å². The zero-order valence-electron chi connectivity index (χ0n) is 23.0. The molecule has 4 aliphatic rings. The fourth-order valence-electron chi connectivity index (χ4n) is 9.25. The van der Waals surface area contributed by atoms with Crippen LogP contribution in [0.15, 0.2) is 41.1 Å². The van der Waals surface area contributed by atoms with Crippen molar-refractivity contribution in [3.05, 3.63) is 36.0 Å². The first kappa shape index (κ1) is 26.2. The molecule has 1 aromatic rings. The molecule has 5 rings (SSSR count). The van der Waals surface area contributed by atoms with Crippen LogP contribution < -0.4 is 0 Å². The number of pyridine rings is 1. The Hall–Kier alpha value is -0.410. The van der Waals surface area contributed by atoms with Gasteiger partial charge in [0.1, 0.15) is 5.03 Å². The van der Waals surface area contributed by atoms with Crippen LogP contribution in [0.3, 0.4) is 0 Å². The van der Waals surface area contributed by atoms with Crippen LogP contribution in [0.5, 0.6) is 0 Å². The fraction of sp³-hybridized carbons (Fsp3) is 0.781. The molecule has 1 aromatic heterocycles. The molecule has 35 heavy (non-hydrogen) atoms. The third kappa shape index (κ3) is 5.16. The second kappa shape index (κ2) is 10.8. The Kier molecular flexibility index (Phi) is 8.05. The summed E-state index contributed by atoms with van der Waals surface area (Å²) in [4.78, 5) is 4.52. The summed E-state index contributed by atoms with van der Waals surface area (Å²) in [7, 11) is 3.96. The first-order chi connectivity index (χ1) is 16.8. The van der Waals surface area contributed by atoms with Crippen LogP contribution in [0.1, 0.15) is 105 Å². The minimum absolute atomic E-state index is 0.470.